The summed E-state index contributed by atoms with van der Waals surface area (Å²) in [5.41, 5.74) is 2.19. The summed E-state index contributed by atoms with van der Waals surface area (Å²) >= 11 is 6.01. The van der Waals surface area contributed by atoms with E-state index >= 15 is 0 Å². The predicted molar refractivity (Wildman–Crippen MR) is 105 cm³/mol. The van der Waals surface area contributed by atoms with Gasteiger partial charge in [-0.2, -0.15) is 0 Å². The summed E-state index contributed by atoms with van der Waals surface area (Å²) in [6, 6.07) is 6.45. The number of hydrogen-bond donors (Lipinski definition) is 2. The van der Waals surface area contributed by atoms with Crippen molar-refractivity contribution >= 4 is 40.8 Å². The van der Waals surface area contributed by atoms with Gasteiger partial charge in [-0.15, -0.1) is 0 Å². The van der Waals surface area contributed by atoms with Crippen LogP contribution in [-0.4, -0.2) is 36.5 Å². The van der Waals surface area contributed by atoms with Gasteiger partial charge in [0, 0.05) is 18.3 Å². The van der Waals surface area contributed by atoms with Crippen LogP contribution in [0.2, 0.25) is 5.15 Å². The van der Waals surface area contributed by atoms with Crippen LogP contribution in [0, 0.1) is 13.8 Å². The lowest BCUT2D eigenvalue weighted by Crippen LogP contribution is -2.22. The third-order valence-electron chi connectivity index (χ3n) is 3.63. The third kappa shape index (κ3) is 5.43. The lowest BCUT2D eigenvalue weighted by Gasteiger charge is -2.13. The van der Waals surface area contributed by atoms with E-state index in [0.29, 0.717) is 28.4 Å². The number of methoxy groups -OCH3 is 1. The molecule has 0 atom stereocenters. The number of ether oxygens (including phenoxy) is 2. The number of nitrogens with one attached hydrogen (secondary N) is 2. The van der Waals surface area contributed by atoms with Gasteiger partial charge in [0.05, 0.1) is 18.4 Å². The van der Waals surface area contributed by atoms with Gasteiger partial charge in [-0.05, 0) is 43.7 Å². The monoisotopic (exact) mass is 405 g/mol. The van der Waals surface area contributed by atoms with Crippen molar-refractivity contribution in [2.45, 2.75) is 20.8 Å². The van der Waals surface area contributed by atoms with Crippen LogP contribution in [0.15, 0.2) is 24.3 Å². The number of carbonyl (C=O) groups is 3. The molecule has 9 heteroatoms. The van der Waals surface area contributed by atoms with E-state index < -0.39 is 18.5 Å². The lowest BCUT2D eigenvalue weighted by molar-refractivity contribution is -0.119. The average molecular weight is 406 g/mol. The van der Waals surface area contributed by atoms with Gasteiger partial charge in [-0.25, -0.2) is 9.78 Å². The van der Waals surface area contributed by atoms with Crippen molar-refractivity contribution in [3.63, 3.8) is 0 Å². The Morgan fingerprint density at radius 3 is 2.46 bits per heavy atom. The molecule has 28 heavy (non-hydrogen) atoms. The first-order valence-corrected chi connectivity index (χ1v) is 8.65. The summed E-state index contributed by atoms with van der Waals surface area (Å²) < 4.78 is 10.2. The van der Waals surface area contributed by atoms with Gasteiger partial charge in [0.1, 0.15) is 10.9 Å². The van der Waals surface area contributed by atoms with E-state index in [-0.39, 0.29) is 16.6 Å². The number of esters is 1. The fourth-order valence-corrected chi connectivity index (χ4v) is 2.87. The van der Waals surface area contributed by atoms with Crippen molar-refractivity contribution in [1.29, 1.82) is 0 Å². The van der Waals surface area contributed by atoms with Gasteiger partial charge in [-0.1, -0.05) is 11.6 Å². The highest BCUT2D eigenvalue weighted by atomic mass is 35.5. The Kier molecular flexibility index (Phi) is 6.94. The molecule has 0 aliphatic rings. The second-order valence-corrected chi connectivity index (χ2v) is 6.32. The number of aryl methyl sites for hydroxylation is 2. The summed E-state index contributed by atoms with van der Waals surface area (Å²) in [5.74, 6) is -1.20. The van der Waals surface area contributed by atoms with Crippen LogP contribution in [0.25, 0.3) is 0 Å². The van der Waals surface area contributed by atoms with Gasteiger partial charge in [0.2, 0.25) is 5.91 Å². The number of aromatic nitrogens is 1. The quantitative estimate of drug-likeness (QED) is 0.565. The summed E-state index contributed by atoms with van der Waals surface area (Å²) in [5, 5.41) is 5.21. The van der Waals surface area contributed by atoms with E-state index in [4.69, 9.17) is 21.1 Å². The Labute approximate surface area is 167 Å². The molecule has 0 saturated heterocycles. The fraction of sp³-hybridized carbons (Fsp3) is 0.263. The first-order valence-electron chi connectivity index (χ1n) is 8.27. The number of halogens is 1. The minimum absolute atomic E-state index is 0.0209. The average Bonchev–Trinajstić information content (AvgIpc) is 2.59. The Balaban J connectivity index is 2.06. The second kappa shape index (κ2) is 9.18. The number of nitrogens with zero attached hydrogens (tertiary/aromatic N) is 1. The molecule has 0 aliphatic heterocycles. The molecule has 1 heterocycles. The highest BCUT2D eigenvalue weighted by Crippen LogP contribution is 2.28. The molecule has 2 amide bonds. The van der Waals surface area contributed by atoms with E-state index in [1.54, 1.807) is 32.0 Å². The molecule has 8 nitrogen and oxygen atoms in total. The molecule has 0 spiro atoms. The maximum atomic E-state index is 12.3. The van der Waals surface area contributed by atoms with E-state index in [1.807, 2.05) is 0 Å². The van der Waals surface area contributed by atoms with Crippen LogP contribution in [-0.2, 0) is 14.3 Å². The first kappa shape index (κ1) is 21.2. The smallest absolute Gasteiger partial charge is 0.342 e. The van der Waals surface area contributed by atoms with Crippen molar-refractivity contribution in [3.8, 4) is 5.75 Å². The zero-order valence-corrected chi connectivity index (χ0v) is 16.6. The van der Waals surface area contributed by atoms with Crippen LogP contribution in [0.5, 0.6) is 5.75 Å². The zero-order valence-electron chi connectivity index (χ0n) is 15.9. The van der Waals surface area contributed by atoms with E-state index in [9.17, 15) is 14.4 Å². The van der Waals surface area contributed by atoms with Gasteiger partial charge in [0.25, 0.3) is 5.91 Å². The molecule has 148 valence electrons. The van der Waals surface area contributed by atoms with Gasteiger partial charge < -0.3 is 20.1 Å². The molecule has 2 rings (SSSR count). The maximum absolute atomic E-state index is 12.3. The Bertz CT molecular complexity index is 907. The molecule has 0 fully saturated rings. The number of pyridine rings is 1. The largest absolute Gasteiger partial charge is 0.495 e. The number of hydrogen-bond acceptors (Lipinski definition) is 6. The standard InChI is InChI=1S/C19H20ClN3O5/c1-10-7-11(2)21-18(20)17(10)19(26)28-9-16(25)23-14-8-13(22-12(3)24)5-6-15(14)27-4/h5-8H,9H2,1-4H3,(H,22,24)(H,23,25). The molecule has 2 N–H and O–H groups in total. The van der Waals surface area contributed by atoms with Crippen molar-refractivity contribution in [1.82, 2.24) is 4.98 Å². The van der Waals surface area contributed by atoms with Crippen molar-refractivity contribution < 1.29 is 23.9 Å². The first-order chi connectivity index (χ1) is 13.2. The molecule has 0 bridgehead atoms. The van der Waals surface area contributed by atoms with E-state index in [0.717, 1.165) is 0 Å². The van der Waals surface area contributed by atoms with Gasteiger partial charge in [-0.3, -0.25) is 9.59 Å². The number of anilines is 2. The number of rotatable bonds is 6. The lowest BCUT2D eigenvalue weighted by atomic mass is 10.1. The molecule has 0 saturated carbocycles. The van der Waals surface area contributed by atoms with E-state index in [2.05, 4.69) is 15.6 Å². The Morgan fingerprint density at radius 1 is 1.14 bits per heavy atom. The number of benzene rings is 1. The maximum Gasteiger partial charge on any atom is 0.342 e. The highest BCUT2D eigenvalue weighted by Gasteiger charge is 2.18. The zero-order chi connectivity index (χ0) is 20.8. The highest BCUT2D eigenvalue weighted by molar-refractivity contribution is 6.32. The molecule has 0 aliphatic carbocycles. The van der Waals surface area contributed by atoms with Gasteiger partial charge >= 0.3 is 5.97 Å². The molecule has 0 radical (unpaired) electrons. The van der Waals surface area contributed by atoms with Crippen molar-refractivity contribution in [2.24, 2.45) is 0 Å². The van der Waals surface area contributed by atoms with Crippen LogP contribution in [0.3, 0.4) is 0 Å². The second-order valence-electron chi connectivity index (χ2n) is 5.97. The summed E-state index contributed by atoms with van der Waals surface area (Å²) in [7, 11) is 1.44. The molecular weight excluding hydrogens is 386 g/mol. The SMILES string of the molecule is COc1ccc(NC(C)=O)cc1NC(=O)COC(=O)c1c(C)cc(C)nc1Cl. The Morgan fingerprint density at radius 2 is 1.86 bits per heavy atom. The van der Waals surface area contributed by atoms with Gasteiger partial charge in [0.15, 0.2) is 6.61 Å². The van der Waals surface area contributed by atoms with Crippen LogP contribution in [0.1, 0.15) is 28.5 Å². The summed E-state index contributed by atoms with van der Waals surface area (Å²) in [6.45, 7) is 4.30. The number of carbonyl (C=O) groups excluding carboxylic acids is 3. The van der Waals surface area contributed by atoms with Crippen LogP contribution in [0.4, 0.5) is 11.4 Å². The molecule has 2 aromatic rings. The summed E-state index contributed by atoms with van der Waals surface area (Å²) in [4.78, 5) is 39.7. The van der Waals surface area contributed by atoms with Crippen LogP contribution < -0.4 is 15.4 Å². The van der Waals surface area contributed by atoms with Crippen molar-refractivity contribution in [3.05, 3.63) is 46.2 Å². The molecule has 1 aromatic heterocycles. The fourth-order valence-electron chi connectivity index (χ4n) is 2.51. The van der Waals surface area contributed by atoms with E-state index in [1.165, 1.54) is 20.1 Å². The minimum Gasteiger partial charge on any atom is -0.495 e. The van der Waals surface area contributed by atoms with Crippen molar-refractivity contribution in [2.75, 3.05) is 24.4 Å². The molecular formula is C19H20ClN3O5. The predicted octanol–water partition coefficient (Wildman–Crippen LogP) is 3.11. The Hall–Kier alpha value is -3.13. The van der Waals surface area contributed by atoms with Crippen LogP contribution >= 0.6 is 11.6 Å². The third-order valence-corrected chi connectivity index (χ3v) is 3.91. The topological polar surface area (TPSA) is 107 Å². The number of amides is 2. The molecule has 0 unspecified atom stereocenters. The summed E-state index contributed by atoms with van der Waals surface area (Å²) in [6.07, 6.45) is 0. The molecule has 1 aromatic carbocycles. The minimum atomic E-state index is -0.746. The normalized spacial score (nSPS) is 10.2.